The van der Waals surface area contributed by atoms with E-state index in [2.05, 4.69) is 6.58 Å². The Morgan fingerprint density at radius 1 is 0.875 bits per heavy atom. The number of hydrogen-bond acceptors (Lipinski definition) is 7. The van der Waals surface area contributed by atoms with Crippen LogP contribution in [0.1, 0.15) is 20.8 Å². The average Bonchev–Trinajstić information content (AvgIpc) is 2.31. The van der Waals surface area contributed by atoms with Crippen LogP contribution < -0.4 is 0 Å². The van der Waals surface area contributed by atoms with Crippen molar-refractivity contribution in [2.24, 2.45) is 0 Å². The molecule has 16 heavy (non-hydrogen) atoms. The Balaban J connectivity index is 4.37. The molecule has 0 rings (SSSR count). The average molecular weight is 254 g/mol. The third-order valence-corrected chi connectivity index (χ3v) is 2.49. The standard InChI is InChI=1S/C8H18O7Si/c1-5-9-13-16(12-8-4,14-10-6-2)15-11-7-3/h8H,4-7H2,1-3H3. The van der Waals surface area contributed by atoms with Crippen LogP contribution in [-0.2, 0) is 32.8 Å². The molecule has 0 spiro atoms. The van der Waals surface area contributed by atoms with Gasteiger partial charge in [-0.1, -0.05) is 6.58 Å². The van der Waals surface area contributed by atoms with E-state index >= 15 is 0 Å². The lowest BCUT2D eigenvalue weighted by Gasteiger charge is -2.22. The highest BCUT2D eigenvalue weighted by molar-refractivity contribution is 6.52. The smallest absolute Gasteiger partial charge is 0.484 e. The summed E-state index contributed by atoms with van der Waals surface area (Å²) in [7, 11) is -3.64. The Kier molecular flexibility index (Phi) is 9.43. The van der Waals surface area contributed by atoms with Gasteiger partial charge in [-0.15, -0.1) is 0 Å². The highest BCUT2D eigenvalue weighted by Crippen LogP contribution is 2.14. The molecule has 0 bridgehead atoms. The molecule has 0 aromatic carbocycles. The van der Waals surface area contributed by atoms with Gasteiger partial charge in [-0.25, -0.2) is 14.7 Å². The minimum absolute atomic E-state index is 0.292. The Morgan fingerprint density at radius 3 is 1.50 bits per heavy atom. The predicted molar refractivity (Wildman–Crippen MR) is 55.2 cm³/mol. The zero-order valence-corrected chi connectivity index (χ0v) is 10.8. The summed E-state index contributed by atoms with van der Waals surface area (Å²) >= 11 is 0. The van der Waals surface area contributed by atoms with Crippen LogP contribution in [0, 0.1) is 0 Å². The predicted octanol–water partition coefficient (Wildman–Crippen LogP) is 1.49. The summed E-state index contributed by atoms with van der Waals surface area (Å²) in [5.74, 6) is 0. The lowest BCUT2D eigenvalue weighted by Crippen LogP contribution is -2.48. The Morgan fingerprint density at radius 2 is 1.25 bits per heavy atom. The maximum absolute atomic E-state index is 5.00. The molecule has 7 nitrogen and oxygen atoms in total. The summed E-state index contributed by atoms with van der Waals surface area (Å²) in [6.45, 7) is 9.44. The molecule has 0 fully saturated rings. The molecule has 96 valence electrons. The first-order chi connectivity index (χ1) is 7.74. The fraction of sp³-hybridized carbons (Fsp3) is 0.750. The second-order valence-corrected chi connectivity index (χ2v) is 3.99. The van der Waals surface area contributed by atoms with Crippen molar-refractivity contribution >= 4 is 9.05 Å². The molecule has 0 aliphatic heterocycles. The van der Waals surface area contributed by atoms with Crippen LogP contribution in [0.2, 0.25) is 0 Å². The van der Waals surface area contributed by atoms with Crippen LogP contribution in [0.5, 0.6) is 0 Å². The van der Waals surface area contributed by atoms with E-state index in [1.807, 2.05) is 0 Å². The first kappa shape index (κ1) is 15.5. The van der Waals surface area contributed by atoms with E-state index in [1.54, 1.807) is 20.8 Å². The van der Waals surface area contributed by atoms with Crippen molar-refractivity contribution in [3.8, 4) is 0 Å². The maximum atomic E-state index is 5.00. The van der Waals surface area contributed by atoms with E-state index in [0.717, 1.165) is 6.26 Å². The van der Waals surface area contributed by atoms with Crippen molar-refractivity contribution in [3.63, 3.8) is 0 Å². The Bertz CT molecular complexity index is 156. The van der Waals surface area contributed by atoms with Crippen molar-refractivity contribution < 1.29 is 32.8 Å². The fourth-order valence-electron chi connectivity index (χ4n) is 0.596. The second-order valence-electron chi connectivity index (χ2n) is 2.25. The molecule has 0 saturated carbocycles. The monoisotopic (exact) mass is 254 g/mol. The third-order valence-electron chi connectivity index (χ3n) is 1.06. The highest BCUT2D eigenvalue weighted by Gasteiger charge is 2.54. The molecule has 0 aliphatic carbocycles. The van der Waals surface area contributed by atoms with Crippen molar-refractivity contribution in [1.29, 1.82) is 0 Å². The Labute approximate surface area is 96.1 Å². The first-order valence-electron chi connectivity index (χ1n) is 4.95. The van der Waals surface area contributed by atoms with Crippen LogP contribution in [0.25, 0.3) is 0 Å². The van der Waals surface area contributed by atoms with Gasteiger partial charge in [-0.3, -0.25) is 0 Å². The first-order valence-corrected chi connectivity index (χ1v) is 6.58. The zero-order chi connectivity index (χ0) is 12.3. The molecule has 0 amide bonds. The normalized spacial score (nSPS) is 11.4. The van der Waals surface area contributed by atoms with Crippen LogP contribution in [-0.4, -0.2) is 28.9 Å². The molecule has 0 aromatic heterocycles. The van der Waals surface area contributed by atoms with E-state index in [1.165, 1.54) is 0 Å². The summed E-state index contributed by atoms with van der Waals surface area (Å²) < 4.78 is 19.6. The summed E-state index contributed by atoms with van der Waals surface area (Å²) in [6, 6.07) is 0. The highest BCUT2D eigenvalue weighted by atomic mass is 28.4. The quantitative estimate of drug-likeness (QED) is 0.239. The SMILES string of the molecule is C=CO[Si](OOCC)(OOCC)OOCC. The summed E-state index contributed by atoms with van der Waals surface area (Å²) in [5.41, 5.74) is 0. The van der Waals surface area contributed by atoms with E-state index in [4.69, 9.17) is 32.8 Å². The van der Waals surface area contributed by atoms with E-state index in [9.17, 15) is 0 Å². The van der Waals surface area contributed by atoms with E-state index < -0.39 is 9.05 Å². The van der Waals surface area contributed by atoms with Crippen LogP contribution in [0.3, 0.4) is 0 Å². The van der Waals surface area contributed by atoms with Crippen molar-refractivity contribution in [2.75, 3.05) is 19.8 Å². The van der Waals surface area contributed by atoms with Gasteiger partial charge in [0.05, 0.1) is 26.1 Å². The van der Waals surface area contributed by atoms with Gasteiger partial charge < -0.3 is 4.43 Å². The number of hydrogen-bond donors (Lipinski definition) is 0. The molecule has 0 radical (unpaired) electrons. The van der Waals surface area contributed by atoms with Crippen LogP contribution in [0.15, 0.2) is 12.8 Å². The molecule has 0 unspecified atom stereocenters. The molecular formula is C8H18O7Si. The topological polar surface area (TPSA) is 64.6 Å². The van der Waals surface area contributed by atoms with Crippen molar-refractivity contribution in [1.82, 2.24) is 0 Å². The summed E-state index contributed by atoms with van der Waals surface area (Å²) in [5, 5.41) is 0. The van der Waals surface area contributed by atoms with Crippen molar-refractivity contribution in [2.45, 2.75) is 20.8 Å². The van der Waals surface area contributed by atoms with Gasteiger partial charge in [-0.2, -0.15) is 13.7 Å². The van der Waals surface area contributed by atoms with E-state index in [0.29, 0.717) is 19.8 Å². The summed E-state index contributed by atoms with van der Waals surface area (Å²) in [4.78, 5) is 14.2. The largest absolute Gasteiger partial charge is 0.834 e. The van der Waals surface area contributed by atoms with Crippen molar-refractivity contribution in [3.05, 3.63) is 12.8 Å². The molecular weight excluding hydrogens is 236 g/mol. The fourth-order valence-corrected chi connectivity index (χ4v) is 1.79. The van der Waals surface area contributed by atoms with Gasteiger partial charge in [0.25, 0.3) is 0 Å². The zero-order valence-electron chi connectivity index (χ0n) is 9.76. The van der Waals surface area contributed by atoms with Crippen LogP contribution >= 0.6 is 0 Å². The number of rotatable bonds is 11. The molecule has 0 heterocycles. The molecule has 8 heteroatoms. The molecule has 0 N–H and O–H groups in total. The lowest BCUT2D eigenvalue weighted by atomic mass is 10.9. The molecule has 0 aromatic rings. The minimum Gasteiger partial charge on any atom is -0.484 e. The molecule has 0 aliphatic rings. The summed E-state index contributed by atoms with van der Waals surface area (Å²) in [6.07, 6.45) is 1.10. The van der Waals surface area contributed by atoms with Gasteiger partial charge >= 0.3 is 9.05 Å². The second kappa shape index (κ2) is 9.72. The van der Waals surface area contributed by atoms with Gasteiger partial charge in [0.2, 0.25) is 0 Å². The Hall–Kier alpha value is -0.483. The minimum atomic E-state index is -3.64. The van der Waals surface area contributed by atoms with E-state index in [-0.39, 0.29) is 0 Å². The molecule has 0 saturated heterocycles. The maximum Gasteiger partial charge on any atom is 0.834 e. The van der Waals surface area contributed by atoms with Gasteiger partial charge in [0, 0.05) is 0 Å². The van der Waals surface area contributed by atoms with Gasteiger partial charge in [-0.05, 0) is 20.8 Å². The third kappa shape index (κ3) is 6.18. The molecule has 0 atom stereocenters. The van der Waals surface area contributed by atoms with Gasteiger partial charge in [0.1, 0.15) is 0 Å². The van der Waals surface area contributed by atoms with Gasteiger partial charge in [0.15, 0.2) is 0 Å². The lowest BCUT2D eigenvalue weighted by molar-refractivity contribution is -0.382. The van der Waals surface area contributed by atoms with Crippen LogP contribution in [0.4, 0.5) is 0 Å².